The standard InChI is InChI=1S/3C8H11F3O2.Ru/c3*1-7(2,3)5(12)4-6(13)8(9,10)11;/h3*4,12H,1-3H3;/q;;;+3/p-3/b3*5-4-;. The fourth-order valence-electron chi connectivity index (χ4n) is 1.25. The number of carbonyl (C=O) groups excluding carboxylic acids is 3. The zero-order chi connectivity index (χ0) is 32.6. The maximum Gasteiger partial charge on any atom is 3.00 e. The molecule has 0 rings (SSSR count). The molecule has 0 saturated carbocycles. The van der Waals surface area contributed by atoms with Gasteiger partial charge in [-0.05, 0) is 34.5 Å². The van der Waals surface area contributed by atoms with E-state index in [1.165, 1.54) is 62.3 Å². The third-order valence-electron chi connectivity index (χ3n) is 3.84. The molecule has 40 heavy (non-hydrogen) atoms. The molecular weight excluding hydrogens is 656 g/mol. The number of ketones is 3. The van der Waals surface area contributed by atoms with Gasteiger partial charge in [-0.15, -0.1) is 17.3 Å². The third-order valence-corrected chi connectivity index (χ3v) is 3.84. The summed E-state index contributed by atoms with van der Waals surface area (Å²) in [5.74, 6) is -8.79. The van der Waals surface area contributed by atoms with E-state index in [-0.39, 0.29) is 37.7 Å². The average Bonchev–Trinajstić information content (AvgIpc) is 2.64. The normalized spacial score (nSPS) is 14.1. The van der Waals surface area contributed by atoms with E-state index in [9.17, 15) is 69.2 Å². The maximum atomic E-state index is 11.7. The molecule has 0 amide bonds. The molecule has 0 spiro atoms. The van der Waals surface area contributed by atoms with Crippen molar-refractivity contribution in [1.29, 1.82) is 0 Å². The van der Waals surface area contributed by atoms with Gasteiger partial charge in [-0.2, -0.15) is 39.5 Å². The number of allylic oxidation sites excluding steroid dienone is 6. The molecular formula is C24H30F9O6Ru. The Morgan fingerprint density at radius 3 is 0.625 bits per heavy atom. The van der Waals surface area contributed by atoms with Crippen LogP contribution in [0.4, 0.5) is 39.5 Å². The van der Waals surface area contributed by atoms with Crippen molar-refractivity contribution in [1.82, 2.24) is 0 Å². The first-order valence-electron chi connectivity index (χ1n) is 10.7. The second kappa shape index (κ2) is 15.6. The molecule has 0 aromatic carbocycles. The number of halogens is 9. The van der Waals surface area contributed by atoms with Crippen LogP contribution in [-0.2, 0) is 33.9 Å². The fourth-order valence-corrected chi connectivity index (χ4v) is 1.25. The fraction of sp³-hybridized carbons (Fsp3) is 0.625. The van der Waals surface area contributed by atoms with Gasteiger partial charge in [0.1, 0.15) is 0 Å². The molecule has 0 aromatic rings. The Labute approximate surface area is 238 Å². The summed E-state index contributed by atoms with van der Waals surface area (Å²) < 4.78 is 105. The van der Waals surface area contributed by atoms with Crippen LogP contribution in [0.25, 0.3) is 0 Å². The smallest absolute Gasteiger partial charge is 0.875 e. The SMILES string of the molecule is CC(C)(C)/C([O-])=C/C(=O)C(F)(F)F.CC(C)(C)/C([O-])=C/C(=O)C(F)(F)F.CC(C)(C)/C([O-])=C/C(=O)C(F)(F)F.[Ru+3]. The van der Waals surface area contributed by atoms with Crippen molar-refractivity contribution in [2.24, 2.45) is 16.2 Å². The summed E-state index contributed by atoms with van der Waals surface area (Å²) >= 11 is 0. The topological polar surface area (TPSA) is 120 Å². The van der Waals surface area contributed by atoms with E-state index in [1.54, 1.807) is 0 Å². The first-order valence-corrected chi connectivity index (χ1v) is 10.7. The van der Waals surface area contributed by atoms with Gasteiger partial charge in [-0.25, -0.2) is 0 Å². The van der Waals surface area contributed by atoms with Crippen LogP contribution in [0.3, 0.4) is 0 Å². The molecule has 0 atom stereocenters. The summed E-state index contributed by atoms with van der Waals surface area (Å²) in [6, 6.07) is 0. The van der Waals surface area contributed by atoms with Crippen molar-refractivity contribution in [2.75, 3.05) is 0 Å². The Morgan fingerprint density at radius 1 is 0.425 bits per heavy atom. The number of hydrogen-bond acceptors (Lipinski definition) is 6. The van der Waals surface area contributed by atoms with Crippen LogP contribution in [0.5, 0.6) is 0 Å². The molecule has 1 radical (unpaired) electrons. The quantitative estimate of drug-likeness (QED) is 0.190. The van der Waals surface area contributed by atoms with Crippen molar-refractivity contribution in [3.8, 4) is 0 Å². The molecule has 0 saturated heterocycles. The van der Waals surface area contributed by atoms with Crippen LogP contribution >= 0.6 is 0 Å². The minimum absolute atomic E-state index is 0. The van der Waals surface area contributed by atoms with Gasteiger partial charge < -0.3 is 15.3 Å². The molecule has 6 nitrogen and oxygen atoms in total. The largest absolute Gasteiger partial charge is 3.00 e. The van der Waals surface area contributed by atoms with Crippen molar-refractivity contribution < 1.29 is 88.7 Å². The summed E-state index contributed by atoms with van der Waals surface area (Å²) in [5, 5.41) is 32.8. The van der Waals surface area contributed by atoms with Crippen LogP contribution < -0.4 is 15.3 Å². The van der Waals surface area contributed by atoms with Crippen LogP contribution in [0.2, 0.25) is 0 Å². The first-order chi connectivity index (χ1) is 16.6. The molecule has 233 valence electrons. The molecule has 0 aromatic heterocycles. The Kier molecular flexibility index (Phi) is 17.4. The Bertz CT molecular complexity index is 829. The summed E-state index contributed by atoms with van der Waals surface area (Å²) in [6.07, 6.45) is -14.6. The molecule has 0 aliphatic carbocycles. The molecule has 0 aliphatic heterocycles. The van der Waals surface area contributed by atoms with Crippen LogP contribution in [0.1, 0.15) is 62.3 Å². The van der Waals surface area contributed by atoms with Crippen molar-refractivity contribution in [2.45, 2.75) is 80.8 Å². The Hall–Kier alpha value is -2.38. The van der Waals surface area contributed by atoms with E-state index in [0.29, 0.717) is 0 Å². The number of hydrogen-bond donors (Lipinski definition) is 0. The summed E-state index contributed by atoms with van der Waals surface area (Å²) in [6.45, 7) is 13.0. The predicted molar refractivity (Wildman–Crippen MR) is 116 cm³/mol. The van der Waals surface area contributed by atoms with Crippen LogP contribution in [0.15, 0.2) is 35.5 Å². The number of alkyl halides is 9. The third kappa shape index (κ3) is 20.5. The maximum absolute atomic E-state index is 11.7. The van der Waals surface area contributed by atoms with E-state index < -0.39 is 69.4 Å². The van der Waals surface area contributed by atoms with Gasteiger partial charge >= 0.3 is 38.0 Å². The number of carbonyl (C=O) groups is 3. The molecule has 0 heterocycles. The van der Waals surface area contributed by atoms with Crippen molar-refractivity contribution >= 4 is 17.3 Å². The van der Waals surface area contributed by atoms with Gasteiger partial charge in [0.25, 0.3) is 17.3 Å². The van der Waals surface area contributed by atoms with E-state index in [4.69, 9.17) is 0 Å². The van der Waals surface area contributed by atoms with Gasteiger partial charge in [0.2, 0.25) is 0 Å². The van der Waals surface area contributed by atoms with Crippen LogP contribution in [-0.4, -0.2) is 35.9 Å². The second-order valence-electron chi connectivity index (χ2n) is 10.9. The zero-order valence-electron chi connectivity index (χ0n) is 22.9. The van der Waals surface area contributed by atoms with E-state index in [2.05, 4.69) is 0 Å². The first kappa shape index (κ1) is 44.6. The van der Waals surface area contributed by atoms with Gasteiger partial charge in [-0.1, -0.05) is 62.3 Å². The van der Waals surface area contributed by atoms with Gasteiger partial charge in [0.15, 0.2) is 0 Å². The summed E-state index contributed by atoms with van der Waals surface area (Å²) in [4.78, 5) is 31.0. The monoisotopic (exact) mass is 687 g/mol. The molecule has 0 bridgehead atoms. The number of rotatable bonds is 3. The average molecular weight is 687 g/mol. The van der Waals surface area contributed by atoms with E-state index >= 15 is 0 Å². The summed E-state index contributed by atoms with van der Waals surface area (Å²) in [7, 11) is 0. The minimum atomic E-state index is -4.96. The Balaban J connectivity index is -0.000000240. The molecule has 0 N–H and O–H groups in total. The second-order valence-corrected chi connectivity index (χ2v) is 10.9. The minimum Gasteiger partial charge on any atom is -0.875 e. The molecule has 0 aliphatic rings. The molecule has 16 heteroatoms. The van der Waals surface area contributed by atoms with Crippen molar-refractivity contribution in [3.05, 3.63) is 35.5 Å². The molecule has 0 fully saturated rings. The van der Waals surface area contributed by atoms with Crippen LogP contribution in [0, 0.1) is 16.2 Å². The van der Waals surface area contributed by atoms with E-state index in [1.807, 2.05) is 0 Å². The van der Waals surface area contributed by atoms with Gasteiger partial charge in [0.05, 0.1) is 0 Å². The zero-order valence-corrected chi connectivity index (χ0v) is 24.7. The Morgan fingerprint density at radius 2 is 0.550 bits per heavy atom. The van der Waals surface area contributed by atoms with Gasteiger partial charge in [-0.3, -0.25) is 14.4 Å². The van der Waals surface area contributed by atoms with Gasteiger partial charge in [0, 0.05) is 0 Å². The summed E-state index contributed by atoms with van der Waals surface area (Å²) in [5.41, 5.74) is -2.87. The molecule has 0 unspecified atom stereocenters. The van der Waals surface area contributed by atoms with Crippen molar-refractivity contribution in [3.63, 3.8) is 0 Å². The predicted octanol–water partition coefficient (Wildman–Crippen LogP) is 4.22. The van der Waals surface area contributed by atoms with E-state index in [0.717, 1.165) is 0 Å².